The zero-order valence-electron chi connectivity index (χ0n) is 21.4. The average Bonchev–Trinajstić information content (AvgIpc) is 2.86. The first-order valence-corrected chi connectivity index (χ1v) is 13.0. The third-order valence-corrected chi connectivity index (χ3v) is 8.06. The van der Waals surface area contributed by atoms with Crippen LogP contribution in [0.4, 0.5) is 0 Å². The first-order chi connectivity index (χ1) is 17.3. The summed E-state index contributed by atoms with van der Waals surface area (Å²) in [5.74, 6) is 0.761. The van der Waals surface area contributed by atoms with Gasteiger partial charge in [-0.15, -0.1) is 0 Å². The van der Waals surface area contributed by atoms with Gasteiger partial charge in [-0.1, -0.05) is 29.8 Å². The molecule has 0 saturated heterocycles. The molecule has 1 aliphatic heterocycles. The standard InChI is InChI=1S/C30H32ClNO4/c1-17-11-12-19(13-18(17)2)16-36-30-21(31)14-20(15-26(30)35-4)27-28-22(7-5-9-24(28)33)32(3)23-8-6-10-25(34)29(23)27/h11-15,27H,5-10,16H2,1-4H3. The minimum Gasteiger partial charge on any atom is -0.493 e. The zero-order valence-corrected chi connectivity index (χ0v) is 22.1. The summed E-state index contributed by atoms with van der Waals surface area (Å²) in [6.07, 6.45) is 4.34. The largest absolute Gasteiger partial charge is 0.493 e. The molecule has 6 heteroatoms. The van der Waals surface area contributed by atoms with Gasteiger partial charge in [-0.3, -0.25) is 9.59 Å². The Balaban J connectivity index is 1.57. The number of allylic oxidation sites excluding steroid dienone is 4. The number of methoxy groups -OCH3 is 1. The molecule has 1 heterocycles. The van der Waals surface area contributed by atoms with Crippen LogP contribution < -0.4 is 9.47 Å². The Kier molecular flexibility index (Phi) is 6.69. The van der Waals surface area contributed by atoms with E-state index in [1.54, 1.807) is 7.11 Å². The fourth-order valence-corrected chi connectivity index (χ4v) is 6.05. The summed E-state index contributed by atoms with van der Waals surface area (Å²) >= 11 is 6.79. The molecule has 188 valence electrons. The second-order valence-electron chi connectivity index (χ2n) is 10.0. The predicted molar refractivity (Wildman–Crippen MR) is 141 cm³/mol. The van der Waals surface area contributed by atoms with Crippen molar-refractivity contribution in [3.63, 3.8) is 0 Å². The minimum atomic E-state index is -0.424. The van der Waals surface area contributed by atoms with E-state index in [0.717, 1.165) is 59.4 Å². The third-order valence-electron chi connectivity index (χ3n) is 7.78. The van der Waals surface area contributed by atoms with Crippen LogP contribution in [0, 0.1) is 13.8 Å². The van der Waals surface area contributed by atoms with Crippen molar-refractivity contribution in [2.75, 3.05) is 14.2 Å². The molecule has 0 amide bonds. The van der Waals surface area contributed by atoms with Gasteiger partial charge in [-0.2, -0.15) is 0 Å². The maximum absolute atomic E-state index is 13.2. The summed E-state index contributed by atoms with van der Waals surface area (Å²) in [4.78, 5) is 28.6. The topological polar surface area (TPSA) is 55.8 Å². The van der Waals surface area contributed by atoms with E-state index in [1.807, 2.05) is 25.2 Å². The number of ketones is 2. The van der Waals surface area contributed by atoms with Gasteiger partial charge in [0.05, 0.1) is 12.1 Å². The predicted octanol–water partition coefficient (Wildman–Crippen LogP) is 6.59. The van der Waals surface area contributed by atoms with Gasteiger partial charge in [0.25, 0.3) is 0 Å². The molecule has 0 fully saturated rings. The van der Waals surface area contributed by atoms with Crippen molar-refractivity contribution in [1.82, 2.24) is 4.90 Å². The number of rotatable bonds is 5. The maximum atomic E-state index is 13.2. The number of aryl methyl sites for hydroxylation is 2. The molecule has 5 rings (SSSR count). The van der Waals surface area contributed by atoms with Crippen molar-refractivity contribution in [3.05, 3.63) is 80.1 Å². The number of Topliss-reactive ketones (excluding diaryl/α,β-unsaturated/α-hetero) is 2. The van der Waals surface area contributed by atoms with Crippen LogP contribution >= 0.6 is 11.6 Å². The van der Waals surface area contributed by atoms with Crippen LogP contribution in [0.5, 0.6) is 11.5 Å². The van der Waals surface area contributed by atoms with E-state index in [1.165, 1.54) is 11.1 Å². The molecule has 0 aromatic heterocycles. The number of hydrogen-bond donors (Lipinski definition) is 0. The lowest BCUT2D eigenvalue weighted by atomic mass is 9.71. The molecular formula is C30H32ClNO4. The number of carbonyl (C=O) groups is 2. The molecule has 3 aliphatic rings. The van der Waals surface area contributed by atoms with Crippen molar-refractivity contribution in [1.29, 1.82) is 0 Å². The van der Waals surface area contributed by atoms with Gasteiger partial charge >= 0.3 is 0 Å². The highest BCUT2D eigenvalue weighted by molar-refractivity contribution is 6.32. The fourth-order valence-electron chi connectivity index (χ4n) is 5.78. The van der Waals surface area contributed by atoms with Crippen LogP contribution in [0.15, 0.2) is 52.9 Å². The summed E-state index contributed by atoms with van der Waals surface area (Å²) in [7, 11) is 3.58. The smallest absolute Gasteiger partial charge is 0.180 e. The molecule has 0 atom stereocenters. The lowest BCUT2D eigenvalue weighted by Gasteiger charge is -2.42. The molecule has 0 saturated carbocycles. The Morgan fingerprint density at radius 3 is 2.14 bits per heavy atom. The Labute approximate surface area is 217 Å². The highest BCUT2D eigenvalue weighted by Gasteiger charge is 2.42. The van der Waals surface area contributed by atoms with Crippen molar-refractivity contribution in [2.45, 2.75) is 64.9 Å². The first-order valence-electron chi connectivity index (χ1n) is 12.6. The summed E-state index contributed by atoms with van der Waals surface area (Å²) in [6, 6.07) is 9.95. The van der Waals surface area contributed by atoms with Crippen LogP contribution in [0.25, 0.3) is 0 Å². The number of hydrogen-bond acceptors (Lipinski definition) is 5. The second kappa shape index (κ2) is 9.78. The minimum absolute atomic E-state index is 0.114. The van der Waals surface area contributed by atoms with Crippen molar-refractivity contribution < 1.29 is 19.1 Å². The molecule has 2 aromatic carbocycles. The summed E-state index contributed by atoms with van der Waals surface area (Å²) < 4.78 is 11.8. The second-order valence-corrected chi connectivity index (χ2v) is 10.4. The number of carbonyl (C=O) groups excluding carboxylic acids is 2. The quantitative estimate of drug-likeness (QED) is 0.459. The average molecular weight is 506 g/mol. The Morgan fingerprint density at radius 2 is 1.56 bits per heavy atom. The molecule has 2 aliphatic carbocycles. The molecule has 0 N–H and O–H groups in total. The van der Waals surface area contributed by atoms with E-state index < -0.39 is 5.92 Å². The van der Waals surface area contributed by atoms with Crippen LogP contribution in [0.1, 0.15) is 66.7 Å². The van der Waals surface area contributed by atoms with Gasteiger partial charge in [0.15, 0.2) is 23.1 Å². The van der Waals surface area contributed by atoms with Gasteiger partial charge in [-0.25, -0.2) is 0 Å². The lowest BCUT2D eigenvalue weighted by molar-refractivity contribution is -0.117. The highest BCUT2D eigenvalue weighted by Crippen LogP contribution is 2.50. The fraction of sp³-hybridized carbons (Fsp3) is 0.400. The van der Waals surface area contributed by atoms with Crippen LogP contribution in [0.3, 0.4) is 0 Å². The summed E-state index contributed by atoms with van der Waals surface area (Å²) in [5, 5.41) is 0.405. The summed E-state index contributed by atoms with van der Waals surface area (Å²) in [6.45, 7) is 4.51. The Morgan fingerprint density at radius 1 is 0.917 bits per heavy atom. The van der Waals surface area contributed by atoms with Crippen LogP contribution in [-0.4, -0.2) is 30.6 Å². The van der Waals surface area contributed by atoms with Gasteiger partial charge < -0.3 is 14.4 Å². The van der Waals surface area contributed by atoms with Crippen LogP contribution in [-0.2, 0) is 16.2 Å². The van der Waals surface area contributed by atoms with Gasteiger partial charge in [-0.05, 0) is 73.9 Å². The van der Waals surface area contributed by atoms with E-state index >= 15 is 0 Å². The lowest BCUT2D eigenvalue weighted by Crippen LogP contribution is -2.37. The number of ether oxygens (including phenoxy) is 2. The number of nitrogens with zero attached hydrogens (tertiary/aromatic N) is 1. The van der Waals surface area contributed by atoms with E-state index in [4.69, 9.17) is 21.1 Å². The molecule has 5 nitrogen and oxygen atoms in total. The maximum Gasteiger partial charge on any atom is 0.180 e. The molecule has 0 radical (unpaired) electrons. The van der Waals surface area contributed by atoms with Gasteiger partial charge in [0.1, 0.15) is 6.61 Å². The van der Waals surface area contributed by atoms with Gasteiger partial charge in [0, 0.05) is 48.3 Å². The molecule has 0 bridgehead atoms. The number of benzene rings is 2. The van der Waals surface area contributed by atoms with E-state index in [9.17, 15) is 9.59 Å². The first kappa shape index (κ1) is 24.6. The van der Waals surface area contributed by atoms with Gasteiger partial charge in [0.2, 0.25) is 0 Å². The zero-order chi connectivity index (χ0) is 25.6. The van der Waals surface area contributed by atoms with Crippen molar-refractivity contribution in [2.24, 2.45) is 0 Å². The summed E-state index contributed by atoms with van der Waals surface area (Å²) in [5.41, 5.74) is 7.82. The number of halogens is 1. The Hall–Kier alpha value is -3.05. The van der Waals surface area contributed by atoms with E-state index in [-0.39, 0.29) is 11.6 Å². The highest BCUT2D eigenvalue weighted by atomic mass is 35.5. The molecule has 36 heavy (non-hydrogen) atoms. The SMILES string of the molecule is COc1cc(C2C3=C(CCCC3=O)N(C)C3=C2C(=O)CCC3)cc(Cl)c1OCc1ccc(C)c(C)c1. The molecule has 0 unspecified atom stereocenters. The van der Waals surface area contributed by atoms with Crippen molar-refractivity contribution >= 4 is 23.2 Å². The molecule has 2 aromatic rings. The Bertz CT molecular complexity index is 1280. The third kappa shape index (κ3) is 4.24. The van der Waals surface area contributed by atoms with Crippen molar-refractivity contribution in [3.8, 4) is 11.5 Å². The molecular weight excluding hydrogens is 474 g/mol. The van der Waals surface area contributed by atoms with E-state index in [0.29, 0.717) is 36.0 Å². The van der Waals surface area contributed by atoms with E-state index in [2.05, 4.69) is 30.9 Å². The van der Waals surface area contributed by atoms with Crippen LogP contribution in [0.2, 0.25) is 5.02 Å². The normalized spacial score (nSPS) is 18.4. The molecule has 0 spiro atoms. The monoisotopic (exact) mass is 505 g/mol.